The molecule has 1 rings (SSSR count). The molecule has 0 unspecified atom stereocenters. The average molecular weight is 184 g/mol. The summed E-state index contributed by atoms with van der Waals surface area (Å²) in [5, 5.41) is 0.958. The van der Waals surface area contributed by atoms with Crippen molar-refractivity contribution in [2.24, 2.45) is 4.99 Å². The van der Waals surface area contributed by atoms with Crippen LogP contribution in [0, 0.1) is 0 Å². The molecule has 0 saturated heterocycles. The molecule has 0 radical (unpaired) electrons. The van der Waals surface area contributed by atoms with Gasteiger partial charge in [-0.2, -0.15) is 0 Å². The zero-order valence-corrected chi connectivity index (χ0v) is 8.31. The molecular weight excluding hydrogens is 172 g/mol. The van der Waals surface area contributed by atoms with Gasteiger partial charge in [-0.3, -0.25) is 4.79 Å². The Morgan fingerprint density at radius 2 is 2.42 bits per heavy atom. The minimum absolute atomic E-state index is 0.103. The second kappa shape index (κ2) is 3.76. The van der Waals surface area contributed by atoms with E-state index in [1.807, 2.05) is 18.2 Å². The fourth-order valence-electron chi connectivity index (χ4n) is 1.01. The first-order valence-corrected chi connectivity index (χ1v) is 4.90. The Bertz CT molecular complexity index is 258. The molecule has 66 valence electrons. The number of likely N-dealkylation sites (N-methyl/N-ethyl adjacent to an activating group) is 1. The van der Waals surface area contributed by atoms with Gasteiger partial charge in [-0.1, -0.05) is 11.8 Å². The molecule has 0 atom stereocenters. The van der Waals surface area contributed by atoms with Crippen LogP contribution < -0.4 is 0 Å². The van der Waals surface area contributed by atoms with Gasteiger partial charge in [0.05, 0.1) is 0 Å². The molecule has 0 amide bonds. The lowest BCUT2D eigenvalue weighted by atomic mass is 10.2. The zero-order chi connectivity index (χ0) is 9.14. The Morgan fingerprint density at radius 1 is 1.75 bits per heavy atom. The first-order chi connectivity index (χ1) is 5.65. The summed E-state index contributed by atoms with van der Waals surface area (Å²) in [4.78, 5) is 17.1. The molecule has 0 spiro atoms. The maximum absolute atomic E-state index is 11.0. The van der Waals surface area contributed by atoms with Crippen molar-refractivity contribution in [1.82, 2.24) is 4.90 Å². The highest BCUT2D eigenvalue weighted by atomic mass is 32.2. The van der Waals surface area contributed by atoms with Gasteiger partial charge in [0.15, 0.2) is 11.0 Å². The topological polar surface area (TPSA) is 32.7 Å². The molecule has 0 saturated carbocycles. The van der Waals surface area contributed by atoms with E-state index >= 15 is 0 Å². The van der Waals surface area contributed by atoms with Gasteiger partial charge in [0.25, 0.3) is 0 Å². The Morgan fingerprint density at radius 3 is 2.83 bits per heavy atom. The highest BCUT2D eigenvalue weighted by molar-refractivity contribution is 8.13. The van der Waals surface area contributed by atoms with Crippen molar-refractivity contribution in [2.45, 2.75) is 6.92 Å². The quantitative estimate of drug-likeness (QED) is 0.612. The number of thioether (sulfide) groups is 1. The fraction of sp³-hybridized carbons (Fsp3) is 0.500. The number of hydrogen-bond donors (Lipinski definition) is 0. The predicted molar refractivity (Wildman–Crippen MR) is 52.3 cm³/mol. The van der Waals surface area contributed by atoms with E-state index in [0.717, 1.165) is 10.7 Å². The SMILES string of the molecule is CSC1=NC=C(C(C)=O)CN1C. The van der Waals surface area contributed by atoms with Crippen molar-refractivity contribution in [1.29, 1.82) is 0 Å². The summed E-state index contributed by atoms with van der Waals surface area (Å²) in [7, 11) is 1.94. The van der Waals surface area contributed by atoms with Gasteiger partial charge < -0.3 is 4.90 Å². The van der Waals surface area contributed by atoms with Crippen molar-refractivity contribution < 1.29 is 4.79 Å². The summed E-state index contributed by atoms with van der Waals surface area (Å²) in [6.45, 7) is 2.24. The summed E-state index contributed by atoms with van der Waals surface area (Å²) in [6, 6.07) is 0. The Balaban J connectivity index is 2.81. The summed E-state index contributed by atoms with van der Waals surface area (Å²) >= 11 is 1.59. The van der Waals surface area contributed by atoms with Crippen molar-refractivity contribution in [3.63, 3.8) is 0 Å². The van der Waals surface area contributed by atoms with Crippen LogP contribution in [0.2, 0.25) is 0 Å². The van der Waals surface area contributed by atoms with Crippen molar-refractivity contribution in [3.05, 3.63) is 11.8 Å². The molecule has 1 aliphatic heterocycles. The first-order valence-electron chi connectivity index (χ1n) is 3.68. The molecule has 1 heterocycles. The lowest BCUT2D eigenvalue weighted by Crippen LogP contribution is -2.30. The second-order valence-electron chi connectivity index (χ2n) is 2.68. The van der Waals surface area contributed by atoms with E-state index < -0.39 is 0 Å². The highest BCUT2D eigenvalue weighted by Gasteiger charge is 2.14. The number of carbonyl (C=O) groups excluding carboxylic acids is 1. The van der Waals surface area contributed by atoms with Gasteiger partial charge in [-0.25, -0.2) is 4.99 Å². The van der Waals surface area contributed by atoms with Crippen LogP contribution in [-0.2, 0) is 4.79 Å². The van der Waals surface area contributed by atoms with Crippen LogP contribution in [0.1, 0.15) is 6.92 Å². The highest BCUT2D eigenvalue weighted by Crippen LogP contribution is 2.12. The third kappa shape index (κ3) is 1.88. The van der Waals surface area contributed by atoms with Gasteiger partial charge in [0.1, 0.15) is 0 Å². The normalized spacial score (nSPS) is 17.1. The second-order valence-corrected chi connectivity index (χ2v) is 3.46. The third-order valence-electron chi connectivity index (χ3n) is 1.70. The lowest BCUT2D eigenvalue weighted by Gasteiger charge is -2.22. The summed E-state index contributed by atoms with van der Waals surface area (Å²) in [5.74, 6) is 0.103. The molecule has 3 nitrogen and oxygen atoms in total. The van der Waals surface area contributed by atoms with Gasteiger partial charge in [-0.05, 0) is 13.2 Å². The molecule has 0 N–H and O–H groups in total. The Labute approximate surface area is 76.5 Å². The number of carbonyl (C=O) groups is 1. The molecule has 12 heavy (non-hydrogen) atoms. The molecule has 1 aliphatic rings. The molecule has 0 fully saturated rings. The minimum atomic E-state index is 0.103. The maximum atomic E-state index is 11.0. The van der Waals surface area contributed by atoms with Gasteiger partial charge in [0, 0.05) is 25.4 Å². The van der Waals surface area contributed by atoms with E-state index in [4.69, 9.17) is 0 Å². The van der Waals surface area contributed by atoms with Crippen molar-refractivity contribution >= 4 is 22.7 Å². The summed E-state index contributed by atoms with van der Waals surface area (Å²) in [6.07, 6.45) is 3.64. The molecule has 4 heteroatoms. The number of nitrogens with zero attached hydrogens (tertiary/aromatic N) is 2. The summed E-state index contributed by atoms with van der Waals surface area (Å²) in [5.41, 5.74) is 0.773. The van der Waals surface area contributed by atoms with E-state index in [-0.39, 0.29) is 5.78 Å². The lowest BCUT2D eigenvalue weighted by molar-refractivity contribution is -0.113. The first kappa shape index (κ1) is 9.32. The third-order valence-corrected chi connectivity index (χ3v) is 2.48. The van der Waals surface area contributed by atoms with Gasteiger partial charge in [-0.15, -0.1) is 0 Å². The van der Waals surface area contributed by atoms with Crippen molar-refractivity contribution in [3.8, 4) is 0 Å². The van der Waals surface area contributed by atoms with Crippen LogP contribution in [0.5, 0.6) is 0 Å². The average Bonchev–Trinajstić information content (AvgIpc) is 2.04. The molecule has 0 bridgehead atoms. The number of Topliss-reactive ketones (excluding diaryl/α,β-unsaturated/α-hetero) is 1. The number of hydrogen-bond acceptors (Lipinski definition) is 4. The van der Waals surface area contributed by atoms with E-state index in [1.165, 1.54) is 0 Å². The van der Waals surface area contributed by atoms with Crippen LogP contribution in [0.15, 0.2) is 16.8 Å². The molecule has 0 aromatic carbocycles. The van der Waals surface area contributed by atoms with Gasteiger partial charge >= 0.3 is 0 Å². The van der Waals surface area contributed by atoms with E-state index in [2.05, 4.69) is 4.99 Å². The fourth-order valence-corrected chi connectivity index (χ4v) is 1.54. The number of ketones is 1. The number of amidine groups is 1. The minimum Gasteiger partial charge on any atom is -0.350 e. The van der Waals surface area contributed by atoms with Gasteiger partial charge in [0.2, 0.25) is 0 Å². The maximum Gasteiger partial charge on any atom is 0.163 e. The Kier molecular flexibility index (Phi) is 2.92. The smallest absolute Gasteiger partial charge is 0.163 e. The Hall–Kier alpha value is -0.770. The zero-order valence-electron chi connectivity index (χ0n) is 7.50. The predicted octanol–water partition coefficient (Wildman–Crippen LogP) is 1.12. The van der Waals surface area contributed by atoms with E-state index in [1.54, 1.807) is 24.9 Å². The largest absolute Gasteiger partial charge is 0.350 e. The standard InChI is InChI=1S/C8H12N2OS/c1-6(11)7-4-9-8(12-3)10(2)5-7/h4H,5H2,1-3H3. The van der Waals surface area contributed by atoms with Crippen LogP contribution >= 0.6 is 11.8 Å². The van der Waals surface area contributed by atoms with Crippen LogP contribution in [0.25, 0.3) is 0 Å². The monoisotopic (exact) mass is 184 g/mol. The summed E-state index contributed by atoms with van der Waals surface area (Å²) < 4.78 is 0. The van der Waals surface area contributed by atoms with Crippen LogP contribution in [-0.4, -0.2) is 35.7 Å². The van der Waals surface area contributed by atoms with E-state index in [0.29, 0.717) is 6.54 Å². The molecular formula is C8H12N2OS. The molecule has 0 aromatic heterocycles. The van der Waals surface area contributed by atoms with Crippen LogP contribution in [0.3, 0.4) is 0 Å². The van der Waals surface area contributed by atoms with Crippen molar-refractivity contribution in [2.75, 3.05) is 19.8 Å². The van der Waals surface area contributed by atoms with E-state index in [9.17, 15) is 4.79 Å². The number of aliphatic imine (C=N–C) groups is 1. The number of rotatable bonds is 1. The molecule has 0 aromatic rings. The van der Waals surface area contributed by atoms with Crippen LogP contribution in [0.4, 0.5) is 0 Å². The molecule has 0 aliphatic carbocycles.